The third kappa shape index (κ3) is 4.35. The van der Waals surface area contributed by atoms with Crippen LogP contribution in [0.3, 0.4) is 0 Å². The molecule has 1 amide bonds. The van der Waals surface area contributed by atoms with E-state index in [2.05, 4.69) is 5.32 Å². The minimum Gasteiger partial charge on any atom is -0.335 e. The summed E-state index contributed by atoms with van der Waals surface area (Å²) in [6, 6.07) is 8.20. The van der Waals surface area contributed by atoms with Crippen LogP contribution in [0.25, 0.3) is 0 Å². The van der Waals surface area contributed by atoms with Gasteiger partial charge in [-0.2, -0.15) is 4.31 Å². The summed E-state index contributed by atoms with van der Waals surface area (Å²) in [5.74, 6) is -1.53. The summed E-state index contributed by atoms with van der Waals surface area (Å²) in [4.78, 5) is 13.7. The lowest BCUT2D eigenvalue weighted by Crippen LogP contribution is -3.12. The molecule has 2 aromatic carbocycles. The Bertz CT molecular complexity index is 1010. The number of likely N-dealkylation sites (N-methyl/N-ethyl adjacent to an activating group) is 1. The molecule has 0 atom stereocenters. The highest BCUT2D eigenvalue weighted by atomic mass is 35.5. The van der Waals surface area contributed by atoms with Gasteiger partial charge in [-0.3, -0.25) is 4.79 Å². The van der Waals surface area contributed by atoms with Crippen molar-refractivity contribution in [2.24, 2.45) is 0 Å². The fraction of sp³-hybridized carbons (Fsp3) is 0.316. The lowest BCUT2D eigenvalue weighted by atomic mass is 10.2. The molecular formula is C19H22ClFN3O3S+. The van der Waals surface area contributed by atoms with Gasteiger partial charge in [-0.25, -0.2) is 12.8 Å². The SMILES string of the molecule is Cc1ccc(NC(=O)c2cc(S(=O)(=O)N3CC[NH+](C)CC3)ccc2F)cc1Cl. The number of amides is 1. The maximum atomic E-state index is 14.2. The van der Waals surface area contributed by atoms with Crippen molar-refractivity contribution in [3.8, 4) is 0 Å². The maximum absolute atomic E-state index is 14.2. The molecule has 1 fully saturated rings. The first-order valence-electron chi connectivity index (χ1n) is 8.87. The van der Waals surface area contributed by atoms with E-state index in [9.17, 15) is 17.6 Å². The molecule has 0 aromatic heterocycles. The number of benzene rings is 2. The smallest absolute Gasteiger partial charge is 0.258 e. The summed E-state index contributed by atoms with van der Waals surface area (Å²) in [6.45, 7) is 3.98. The van der Waals surface area contributed by atoms with Crippen molar-refractivity contribution in [1.29, 1.82) is 0 Å². The molecule has 6 nitrogen and oxygen atoms in total. The van der Waals surface area contributed by atoms with Crippen LogP contribution in [0.4, 0.5) is 10.1 Å². The molecule has 2 N–H and O–H groups in total. The molecule has 2 aromatic rings. The van der Waals surface area contributed by atoms with Gasteiger partial charge in [0.2, 0.25) is 10.0 Å². The Kier molecular flexibility index (Phi) is 6.04. The molecule has 0 unspecified atom stereocenters. The Hall–Kier alpha value is -2.00. The molecule has 0 aliphatic carbocycles. The predicted molar refractivity (Wildman–Crippen MR) is 106 cm³/mol. The van der Waals surface area contributed by atoms with Crippen LogP contribution in [0, 0.1) is 12.7 Å². The number of piperazine rings is 1. The molecule has 3 rings (SSSR count). The lowest BCUT2D eigenvalue weighted by molar-refractivity contribution is -0.883. The molecule has 0 saturated carbocycles. The van der Waals surface area contributed by atoms with Crippen LogP contribution < -0.4 is 10.2 Å². The van der Waals surface area contributed by atoms with E-state index >= 15 is 0 Å². The third-order valence-corrected chi connectivity index (χ3v) is 7.13. The first-order valence-corrected chi connectivity index (χ1v) is 10.7. The maximum Gasteiger partial charge on any atom is 0.258 e. The van der Waals surface area contributed by atoms with Crippen LogP contribution in [0.1, 0.15) is 15.9 Å². The highest BCUT2D eigenvalue weighted by molar-refractivity contribution is 7.89. The first kappa shape index (κ1) is 20.7. The number of nitrogens with zero attached hydrogens (tertiary/aromatic N) is 1. The molecule has 150 valence electrons. The summed E-state index contributed by atoms with van der Waals surface area (Å²) in [7, 11) is -1.79. The Balaban J connectivity index is 1.86. The Labute approximate surface area is 168 Å². The Morgan fingerprint density at radius 3 is 2.50 bits per heavy atom. The Morgan fingerprint density at radius 1 is 1.18 bits per heavy atom. The van der Waals surface area contributed by atoms with Gasteiger partial charge in [0.25, 0.3) is 5.91 Å². The van der Waals surface area contributed by atoms with Crippen LogP contribution >= 0.6 is 11.6 Å². The number of carbonyl (C=O) groups is 1. The molecule has 1 heterocycles. The summed E-state index contributed by atoms with van der Waals surface area (Å²) in [6.07, 6.45) is 0. The highest BCUT2D eigenvalue weighted by Crippen LogP contribution is 2.23. The van der Waals surface area contributed by atoms with E-state index < -0.39 is 21.7 Å². The predicted octanol–water partition coefficient (Wildman–Crippen LogP) is 1.56. The van der Waals surface area contributed by atoms with Crippen LogP contribution in [0.15, 0.2) is 41.3 Å². The van der Waals surface area contributed by atoms with Crippen molar-refractivity contribution < 1.29 is 22.5 Å². The summed E-state index contributed by atoms with van der Waals surface area (Å²) in [5.41, 5.74) is 0.903. The molecule has 9 heteroatoms. The van der Waals surface area contributed by atoms with Gasteiger partial charge >= 0.3 is 0 Å². The van der Waals surface area contributed by atoms with Gasteiger partial charge in [0.05, 0.1) is 43.7 Å². The standard InChI is InChI=1S/C19H21ClFN3O3S/c1-13-3-4-14(11-17(13)20)22-19(25)16-12-15(5-6-18(16)21)28(26,27)24-9-7-23(2)8-10-24/h3-6,11-12H,7-10H2,1-2H3,(H,22,25)/p+1. The molecule has 1 aliphatic heterocycles. The van der Waals surface area contributed by atoms with Gasteiger partial charge < -0.3 is 10.2 Å². The van der Waals surface area contributed by atoms with E-state index in [0.29, 0.717) is 36.9 Å². The second-order valence-corrected chi connectivity index (χ2v) is 9.27. The normalized spacial score (nSPS) is 16.1. The largest absolute Gasteiger partial charge is 0.335 e. The number of hydrogen-bond acceptors (Lipinski definition) is 3. The van der Waals surface area contributed by atoms with Crippen molar-refractivity contribution in [2.45, 2.75) is 11.8 Å². The lowest BCUT2D eigenvalue weighted by Gasteiger charge is -2.29. The van der Waals surface area contributed by atoms with E-state index in [1.54, 1.807) is 18.2 Å². The second-order valence-electron chi connectivity index (χ2n) is 6.92. The van der Waals surface area contributed by atoms with Crippen molar-refractivity contribution in [2.75, 3.05) is 38.5 Å². The number of hydrogen-bond donors (Lipinski definition) is 2. The number of aryl methyl sites for hydroxylation is 1. The van der Waals surface area contributed by atoms with Crippen molar-refractivity contribution >= 4 is 33.2 Å². The molecule has 1 saturated heterocycles. The van der Waals surface area contributed by atoms with Crippen molar-refractivity contribution in [3.63, 3.8) is 0 Å². The topological polar surface area (TPSA) is 70.9 Å². The number of nitrogens with one attached hydrogen (secondary N) is 2. The monoisotopic (exact) mass is 426 g/mol. The van der Waals surface area contributed by atoms with E-state index in [1.165, 1.54) is 15.3 Å². The molecule has 0 radical (unpaired) electrons. The average molecular weight is 427 g/mol. The number of rotatable bonds is 4. The van der Waals surface area contributed by atoms with Gasteiger partial charge in [-0.05, 0) is 42.8 Å². The van der Waals surface area contributed by atoms with Crippen molar-refractivity contribution in [3.05, 3.63) is 58.4 Å². The van der Waals surface area contributed by atoms with Gasteiger partial charge in [0, 0.05) is 10.7 Å². The number of halogens is 2. The zero-order valence-corrected chi connectivity index (χ0v) is 17.2. The van der Waals surface area contributed by atoms with Crippen LogP contribution in [-0.2, 0) is 10.0 Å². The van der Waals surface area contributed by atoms with Gasteiger partial charge in [0.15, 0.2) is 0 Å². The van der Waals surface area contributed by atoms with E-state index in [0.717, 1.165) is 17.7 Å². The minimum atomic E-state index is -3.79. The van der Waals surface area contributed by atoms with Gasteiger partial charge in [-0.15, -0.1) is 0 Å². The zero-order valence-electron chi connectivity index (χ0n) is 15.6. The molecule has 1 aliphatic rings. The summed E-state index contributed by atoms with van der Waals surface area (Å²) >= 11 is 6.04. The fourth-order valence-electron chi connectivity index (χ4n) is 2.97. The average Bonchev–Trinajstić information content (AvgIpc) is 2.65. The summed E-state index contributed by atoms with van der Waals surface area (Å²) in [5, 5.41) is 3.02. The number of anilines is 1. The first-order chi connectivity index (χ1) is 13.2. The molecule has 28 heavy (non-hydrogen) atoms. The fourth-order valence-corrected chi connectivity index (χ4v) is 4.61. The van der Waals surface area contributed by atoms with Crippen LogP contribution in [-0.4, -0.2) is 51.9 Å². The number of carbonyl (C=O) groups excluding carboxylic acids is 1. The molecule has 0 spiro atoms. The van der Waals surface area contributed by atoms with E-state index in [-0.39, 0.29) is 10.5 Å². The molecular weight excluding hydrogens is 405 g/mol. The van der Waals surface area contributed by atoms with E-state index in [4.69, 9.17) is 11.6 Å². The van der Waals surface area contributed by atoms with Crippen molar-refractivity contribution in [1.82, 2.24) is 4.31 Å². The minimum absolute atomic E-state index is 0.0967. The van der Waals surface area contributed by atoms with Gasteiger partial charge in [-0.1, -0.05) is 17.7 Å². The van der Waals surface area contributed by atoms with E-state index in [1.807, 2.05) is 14.0 Å². The van der Waals surface area contributed by atoms with Gasteiger partial charge in [0.1, 0.15) is 5.82 Å². The molecule has 0 bridgehead atoms. The quantitative estimate of drug-likeness (QED) is 0.779. The third-order valence-electron chi connectivity index (χ3n) is 4.83. The number of sulfonamides is 1. The van der Waals surface area contributed by atoms with Crippen LogP contribution in [0.5, 0.6) is 0 Å². The highest BCUT2D eigenvalue weighted by Gasteiger charge is 2.30. The summed E-state index contributed by atoms with van der Waals surface area (Å²) < 4.78 is 41.3. The zero-order chi connectivity index (χ0) is 20.5. The Morgan fingerprint density at radius 2 is 1.86 bits per heavy atom. The second kappa shape index (κ2) is 8.16. The van der Waals surface area contributed by atoms with Crippen LogP contribution in [0.2, 0.25) is 5.02 Å². The number of quaternary nitrogens is 1.